The predicted molar refractivity (Wildman–Crippen MR) is 93.0 cm³/mol. The van der Waals surface area contributed by atoms with E-state index in [4.69, 9.17) is 5.73 Å². The fraction of sp³-hybridized carbons (Fsp3) is 0.176. The summed E-state index contributed by atoms with van der Waals surface area (Å²) < 4.78 is 0. The Kier molecular flexibility index (Phi) is 4.52. The Hall–Kier alpha value is -2.47. The first kappa shape index (κ1) is 15.4. The molecular weight excluding hydrogens is 310 g/mol. The molecule has 2 amide bonds. The number of carbonyl (C=O) groups excluding carboxylic acids is 2. The van der Waals surface area contributed by atoms with Crippen molar-refractivity contribution in [3.8, 4) is 0 Å². The minimum Gasteiger partial charge on any atom is -0.375 e. The first-order chi connectivity index (χ1) is 11.2. The lowest BCUT2D eigenvalue weighted by molar-refractivity contribution is -0.117. The number of amides is 2. The third-order valence-electron chi connectivity index (χ3n) is 3.65. The molecule has 0 aliphatic carbocycles. The molecule has 0 spiro atoms. The van der Waals surface area contributed by atoms with Gasteiger partial charge in [-0.1, -0.05) is 24.3 Å². The summed E-state index contributed by atoms with van der Waals surface area (Å²) in [7, 11) is 0. The highest BCUT2D eigenvalue weighted by atomic mass is 32.2. The maximum atomic E-state index is 12.6. The Morgan fingerprint density at radius 1 is 1.13 bits per heavy atom. The molecule has 1 aliphatic rings. The third kappa shape index (κ3) is 3.32. The van der Waals surface area contributed by atoms with E-state index in [-0.39, 0.29) is 12.5 Å². The van der Waals surface area contributed by atoms with Crippen molar-refractivity contribution in [2.75, 3.05) is 29.1 Å². The summed E-state index contributed by atoms with van der Waals surface area (Å²) in [6.07, 6.45) is 0. The molecule has 0 saturated carbocycles. The van der Waals surface area contributed by atoms with Crippen LogP contribution in [-0.2, 0) is 4.79 Å². The number of primary amides is 1. The van der Waals surface area contributed by atoms with Crippen LogP contribution in [0.1, 0.15) is 10.4 Å². The topological polar surface area (TPSA) is 75.4 Å². The Balaban J connectivity index is 1.73. The lowest BCUT2D eigenvalue weighted by Gasteiger charge is -2.29. The van der Waals surface area contributed by atoms with Gasteiger partial charge in [-0.15, -0.1) is 11.8 Å². The molecule has 0 fully saturated rings. The van der Waals surface area contributed by atoms with Crippen LogP contribution < -0.4 is 16.0 Å². The van der Waals surface area contributed by atoms with E-state index in [9.17, 15) is 9.59 Å². The summed E-state index contributed by atoms with van der Waals surface area (Å²) in [6, 6.07) is 14.8. The number of benzene rings is 2. The SMILES string of the molecule is NC(=O)c1ccccc1NCC(=O)N1CCSc2ccccc21. The molecule has 1 aliphatic heterocycles. The number of fused-ring (bicyclic) bond motifs is 1. The van der Waals surface area contributed by atoms with Gasteiger partial charge >= 0.3 is 0 Å². The van der Waals surface area contributed by atoms with E-state index in [0.29, 0.717) is 17.8 Å². The van der Waals surface area contributed by atoms with Crippen LogP contribution in [0.3, 0.4) is 0 Å². The molecule has 0 atom stereocenters. The average molecular weight is 327 g/mol. The number of anilines is 2. The summed E-state index contributed by atoms with van der Waals surface area (Å²) in [5.41, 5.74) is 7.25. The zero-order chi connectivity index (χ0) is 16.2. The molecule has 0 bridgehead atoms. The molecule has 0 aromatic heterocycles. The molecule has 6 heteroatoms. The number of thioether (sulfide) groups is 1. The van der Waals surface area contributed by atoms with Crippen molar-refractivity contribution in [1.82, 2.24) is 0 Å². The zero-order valence-electron chi connectivity index (χ0n) is 12.5. The maximum Gasteiger partial charge on any atom is 0.250 e. The van der Waals surface area contributed by atoms with Crippen LogP contribution in [0.4, 0.5) is 11.4 Å². The lowest BCUT2D eigenvalue weighted by atomic mass is 10.1. The van der Waals surface area contributed by atoms with E-state index in [1.807, 2.05) is 24.3 Å². The second-order valence-corrected chi connectivity index (χ2v) is 6.26. The van der Waals surface area contributed by atoms with Crippen LogP contribution in [0.15, 0.2) is 53.4 Å². The number of para-hydroxylation sites is 2. The van der Waals surface area contributed by atoms with Gasteiger partial charge in [-0.3, -0.25) is 9.59 Å². The zero-order valence-corrected chi connectivity index (χ0v) is 13.3. The van der Waals surface area contributed by atoms with Crippen LogP contribution in [0, 0.1) is 0 Å². The monoisotopic (exact) mass is 327 g/mol. The van der Waals surface area contributed by atoms with E-state index in [0.717, 1.165) is 16.3 Å². The van der Waals surface area contributed by atoms with Crippen LogP contribution in [-0.4, -0.2) is 30.7 Å². The second kappa shape index (κ2) is 6.75. The Labute approximate surface area is 138 Å². The molecule has 5 nitrogen and oxygen atoms in total. The largest absolute Gasteiger partial charge is 0.375 e. The van der Waals surface area contributed by atoms with Crippen molar-refractivity contribution >= 4 is 35.0 Å². The number of carbonyl (C=O) groups is 2. The van der Waals surface area contributed by atoms with E-state index < -0.39 is 5.91 Å². The van der Waals surface area contributed by atoms with Gasteiger partial charge in [0.05, 0.1) is 17.8 Å². The third-order valence-corrected chi connectivity index (χ3v) is 4.70. The van der Waals surface area contributed by atoms with Gasteiger partial charge in [0.15, 0.2) is 0 Å². The van der Waals surface area contributed by atoms with E-state index in [1.54, 1.807) is 40.9 Å². The molecule has 118 valence electrons. The minimum absolute atomic E-state index is 0.0305. The summed E-state index contributed by atoms with van der Waals surface area (Å²) >= 11 is 1.76. The standard InChI is InChI=1S/C17H17N3O2S/c18-17(22)12-5-1-2-6-13(12)19-11-16(21)20-9-10-23-15-8-4-3-7-14(15)20/h1-8,19H,9-11H2,(H2,18,22). The first-order valence-electron chi connectivity index (χ1n) is 7.31. The van der Waals surface area contributed by atoms with Crippen LogP contribution in [0.2, 0.25) is 0 Å². The van der Waals surface area contributed by atoms with Gasteiger partial charge < -0.3 is 16.0 Å². The van der Waals surface area contributed by atoms with Crippen LogP contribution in [0.25, 0.3) is 0 Å². The van der Waals surface area contributed by atoms with Crippen LogP contribution >= 0.6 is 11.8 Å². The molecular formula is C17H17N3O2S. The van der Waals surface area contributed by atoms with Gasteiger partial charge in [-0.2, -0.15) is 0 Å². The number of nitrogens with two attached hydrogens (primary N) is 1. The molecule has 0 unspecified atom stereocenters. The fourth-order valence-corrected chi connectivity index (χ4v) is 3.54. The van der Waals surface area contributed by atoms with Crippen LogP contribution in [0.5, 0.6) is 0 Å². The van der Waals surface area contributed by atoms with Crippen molar-refractivity contribution in [2.24, 2.45) is 5.73 Å². The molecule has 3 N–H and O–H groups in total. The van der Waals surface area contributed by atoms with Crippen molar-refractivity contribution in [1.29, 1.82) is 0 Å². The van der Waals surface area contributed by atoms with E-state index in [2.05, 4.69) is 5.32 Å². The Bertz CT molecular complexity index is 748. The summed E-state index contributed by atoms with van der Waals surface area (Å²) in [5, 5.41) is 3.02. The molecule has 1 heterocycles. The van der Waals surface area contributed by atoms with Gasteiger partial charge in [0.25, 0.3) is 5.91 Å². The molecule has 0 radical (unpaired) electrons. The molecule has 23 heavy (non-hydrogen) atoms. The molecule has 2 aromatic carbocycles. The van der Waals surface area contributed by atoms with Gasteiger partial charge in [0, 0.05) is 22.9 Å². The molecule has 3 rings (SSSR count). The fourth-order valence-electron chi connectivity index (χ4n) is 2.55. The number of hydrogen-bond acceptors (Lipinski definition) is 4. The number of nitrogens with one attached hydrogen (secondary N) is 1. The normalized spacial score (nSPS) is 13.3. The average Bonchev–Trinajstić information content (AvgIpc) is 2.59. The van der Waals surface area contributed by atoms with Gasteiger partial charge in [0.1, 0.15) is 0 Å². The summed E-state index contributed by atoms with van der Waals surface area (Å²) in [4.78, 5) is 26.9. The maximum absolute atomic E-state index is 12.6. The van der Waals surface area contributed by atoms with E-state index in [1.165, 1.54) is 0 Å². The van der Waals surface area contributed by atoms with Gasteiger partial charge in [-0.05, 0) is 24.3 Å². The Morgan fingerprint density at radius 3 is 2.70 bits per heavy atom. The highest BCUT2D eigenvalue weighted by molar-refractivity contribution is 7.99. The van der Waals surface area contributed by atoms with E-state index >= 15 is 0 Å². The van der Waals surface area contributed by atoms with Gasteiger partial charge in [0.2, 0.25) is 5.91 Å². The van der Waals surface area contributed by atoms with Gasteiger partial charge in [-0.25, -0.2) is 0 Å². The summed E-state index contributed by atoms with van der Waals surface area (Å²) in [5.74, 6) is 0.331. The van der Waals surface area contributed by atoms with Crippen molar-refractivity contribution in [3.05, 3.63) is 54.1 Å². The molecule has 2 aromatic rings. The van der Waals surface area contributed by atoms with Crippen molar-refractivity contribution in [2.45, 2.75) is 4.90 Å². The first-order valence-corrected chi connectivity index (χ1v) is 8.30. The smallest absolute Gasteiger partial charge is 0.250 e. The number of rotatable bonds is 4. The predicted octanol–water partition coefficient (Wildman–Crippen LogP) is 2.34. The highest BCUT2D eigenvalue weighted by Crippen LogP contribution is 2.34. The summed E-state index contributed by atoms with van der Waals surface area (Å²) in [6.45, 7) is 0.795. The lowest BCUT2D eigenvalue weighted by Crippen LogP contribution is -2.39. The highest BCUT2D eigenvalue weighted by Gasteiger charge is 2.22. The number of nitrogens with zero attached hydrogens (tertiary/aromatic N) is 1. The quantitative estimate of drug-likeness (QED) is 0.904. The second-order valence-electron chi connectivity index (χ2n) is 5.12. The van der Waals surface area contributed by atoms with Crippen molar-refractivity contribution in [3.63, 3.8) is 0 Å². The molecule has 0 saturated heterocycles. The van der Waals surface area contributed by atoms with Crippen molar-refractivity contribution < 1.29 is 9.59 Å². The number of hydrogen-bond donors (Lipinski definition) is 2. The Morgan fingerprint density at radius 2 is 1.87 bits per heavy atom. The minimum atomic E-state index is -0.514.